The molecule has 2 heterocycles. The summed E-state index contributed by atoms with van der Waals surface area (Å²) >= 11 is 0. The van der Waals surface area contributed by atoms with Crippen LogP contribution in [0.15, 0.2) is 0 Å². The maximum absolute atomic E-state index is 5.98. The molecule has 1 aliphatic carbocycles. The Balaban J connectivity index is 1.53. The molecule has 3 heteroatoms. The van der Waals surface area contributed by atoms with Crippen LogP contribution in [-0.2, 0) is 9.47 Å². The molecule has 4 unspecified atom stereocenters. The fourth-order valence-corrected chi connectivity index (χ4v) is 3.73. The van der Waals surface area contributed by atoms with E-state index < -0.39 is 0 Å². The normalized spacial score (nSPS) is 46.8. The van der Waals surface area contributed by atoms with Gasteiger partial charge in [-0.1, -0.05) is 6.92 Å². The van der Waals surface area contributed by atoms with E-state index in [0.29, 0.717) is 6.04 Å². The molecule has 0 radical (unpaired) electrons. The first kappa shape index (κ1) is 11.9. The van der Waals surface area contributed by atoms with Crippen LogP contribution in [-0.4, -0.2) is 37.5 Å². The summed E-state index contributed by atoms with van der Waals surface area (Å²) < 4.78 is 11.5. The topological polar surface area (TPSA) is 30.5 Å². The molecule has 4 atom stereocenters. The molecule has 1 N–H and O–H groups in total. The summed E-state index contributed by atoms with van der Waals surface area (Å²) in [5.74, 6) is 0.913. The number of ether oxygens (including phenoxy) is 2. The summed E-state index contributed by atoms with van der Waals surface area (Å²) in [5, 5.41) is 3.86. The molecule has 1 spiro atoms. The third-order valence-electron chi connectivity index (χ3n) is 4.73. The summed E-state index contributed by atoms with van der Waals surface area (Å²) in [5.41, 5.74) is 0.0557. The fourth-order valence-electron chi connectivity index (χ4n) is 3.73. The number of nitrogens with one attached hydrogen (secondary N) is 1. The van der Waals surface area contributed by atoms with Gasteiger partial charge in [-0.3, -0.25) is 0 Å². The van der Waals surface area contributed by atoms with E-state index >= 15 is 0 Å². The smallest absolute Gasteiger partial charge is 0.0951 e. The zero-order chi connectivity index (χ0) is 11.7. The predicted octanol–water partition coefficient (Wildman–Crippen LogP) is 2.10. The van der Waals surface area contributed by atoms with Crippen LogP contribution >= 0.6 is 0 Å². The maximum atomic E-state index is 5.98. The van der Waals surface area contributed by atoms with Gasteiger partial charge in [-0.15, -0.1) is 0 Å². The Kier molecular flexibility index (Phi) is 3.42. The SMILES string of the molecule is CC1CCC(NC2CCOC3(CCOC3)C2)C1. The van der Waals surface area contributed by atoms with Gasteiger partial charge in [-0.05, 0) is 38.0 Å². The van der Waals surface area contributed by atoms with E-state index in [1.807, 2.05) is 0 Å². The lowest BCUT2D eigenvalue weighted by atomic mass is 9.89. The summed E-state index contributed by atoms with van der Waals surface area (Å²) in [7, 11) is 0. The second-order valence-electron chi connectivity index (χ2n) is 6.31. The van der Waals surface area contributed by atoms with E-state index in [-0.39, 0.29) is 5.60 Å². The first-order chi connectivity index (χ1) is 8.26. The molecule has 2 saturated heterocycles. The molecule has 0 bridgehead atoms. The van der Waals surface area contributed by atoms with Crippen LogP contribution in [0.5, 0.6) is 0 Å². The van der Waals surface area contributed by atoms with E-state index in [0.717, 1.165) is 44.6 Å². The van der Waals surface area contributed by atoms with E-state index in [9.17, 15) is 0 Å². The highest BCUT2D eigenvalue weighted by atomic mass is 16.6. The van der Waals surface area contributed by atoms with Crippen molar-refractivity contribution in [3.05, 3.63) is 0 Å². The number of rotatable bonds is 2. The Hall–Kier alpha value is -0.120. The summed E-state index contributed by atoms with van der Waals surface area (Å²) in [6.07, 6.45) is 7.54. The lowest BCUT2D eigenvalue weighted by Crippen LogP contribution is -2.49. The standard InChI is InChI=1S/C14H25NO2/c1-11-2-3-12(8-11)15-13-4-6-17-14(9-13)5-7-16-10-14/h11-13,15H,2-10H2,1H3. The Morgan fingerprint density at radius 3 is 2.76 bits per heavy atom. The molecule has 3 nitrogen and oxygen atoms in total. The van der Waals surface area contributed by atoms with Gasteiger partial charge < -0.3 is 14.8 Å². The van der Waals surface area contributed by atoms with Crippen LogP contribution in [0.1, 0.15) is 45.4 Å². The fraction of sp³-hybridized carbons (Fsp3) is 1.00. The molecule has 0 aromatic carbocycles. The van der Waals surface area contributed by atoms with Crippen molar-refractivity contribution in [1.82, 2.24) is 5.32 Å². The van der Waals surface area contributed by atoms with E-state index in [2.05, 4.69) is 12.2 Å². The van der Waals surface area contributed by atoms with Crippen molar-refractivity contribution >= 4 is 0 Å². The Morgan fingerprint density at radius 2 is 2.06 bits per heavy atom. The molecule has 17 heavy (non-hydrogen) atoms. The van der Waals surface area contributed by atoms with Gasteiger partial charge in [0.1, 0.15) is 0 Å². The van der Waals surface area contributed by atoms with Crippen LogP contribution in [0.3, 0.4) is 0 Å². The Labute approximate surface area is 104 Å². The van der Waals surface area contributed by atoms with E-state index in [1.54, 1.807) is 0 Å². The van der Waals surface area contributed by atoms with Gasteiger partial charge >= 0.3 is 0 Å². The second kappa shape index (κ2) is 4.87. The monoisotopic (exact) mass is 239 g/mol. The highest BCUT2D eigenvalue weighted by molar-refractivity contribution is 4.94. The molecule has 0 amide bonds. The minimum Gasteiger partial charge on any atom is -0.378 e. The van der Waals surface area contributed by atoms with Gasteiger partial charge in [0.25, 0.3) is 0 Å². The van der Waals surface area contributed by atoms with E-state index in [1.165, 1.54) is 25.7 Å². The van der Waals surface area contributed by atoms with Gasteiger partial charge in [0.2, 0.25) is 0 Å². The van der Waals surface area contributed by atoms with Crippen LogP contribution in [0.4, 0.5) is 0 Å². The van der Waals surface area contributed by atoms with Crippen LogP contribution in [0.25, 0.3) is 0 Å². The summed E-state index contributed by atoms with van der Waals surface area (Å²) in [4.78, 5) is 0. The number of hydrogen-bond donors (Lipinski definition) is 1. The third kappa shape index (κ3) is 2.67. The molecule has 0 aromatic heterocycles. The molecular formula is C14H25NO2. The zero-order valence-electron chi connectivity index (χ0n) is 10.9. The van der Waals surface area contributed by atoms with Gasteiger partial charge in [-0.25, -0.2) is 0 Å². The first-order valence-electron chi connectivity index (χ1n) is 7.24. The molecule has 3 aliphatic rings. The Morgan fingerprint density at radius 1 is 1.12 bits per heavy atom. The van der Waals surface area contributed by atoms with Crippen molar-refractivity contribution in [2.75, 3.05) is 19.8 Å². The van der Waals surface area contributed by atoms with Crippen molar-refractivity contribution in [2.24, 2.45) is 5.92 Å². The average molecular weight is 239 g/mol. The molecule has 2 aliphatic heterocycles. The molecular weight excluding hydrogens is 214 g/mol. The largest absolute Gasteiger partial charge is 0.378 e. The highest BCUT2D eigenvalue weighted by Crippen LogP contribution is 2.34. The van der Waals surface area contributed by atoms with Crippen molar-refractivity contribution < 1.29 is 9.47 Å². The summed E-state index contributed by atoms with van der Waals surface area (Å²) in [6.45, 7) is 4.97. The zero-order valence-corrected chi connectivity index (χ0v) is 10.9. The van der Waals surface area contributed by atoms with Crippen LogP contribution in [0, 0.1) is 5.92 Å². The number of hydrogen-bond acceptors (Lipinski definition) is 3. The predicted molar refractivity (Wildman–Crippen MR) is 67.1 cm³/mol. The van der Waals surface area contributed by atoms with Crippen LogP contribution < -0.4 is 5.32 Å². The lowest BCUT2D eigenvalue weighted by molar-refractivity contribution is -0.0903. The van der Waals surface area contributed by atoms with Gasteiger partial charge in [0.05, 0.1) is 12.2 Å². The molecule has 3 rings (SSSR count). The Bertz CT molecular complexity index is 263. The minimum absolute atomic E-state index is 0.0557. The molecule has 1 saturated carbocycles. The average Bonchev–Trinajstić information content (AvgIpc) is 2.89. The van der Waals surface area contributed by atoms with Gasteiger partial charge in [0.15, 0.2) is 0 Å². The van der Waals surface area contributed by atoms with E-state index in [4.69, 9.17) is 9.47 Å². The van der Waals surface area contributed by atoms with Crippen molar-refractivity contribution in [1.29, 1.82) is 0 Å². The third-order valence-corrected chi connectivity index (χ3v) is 4.73. The highest BCUT2D eigenvalue weighted by Gasteiger charge is 2.41. The lowest BCUT2D eigenvalue weighted by Gasteiger charge is -2.38. The molecule has 98 valence electrons. The minimum atomic E-state index is 0.0557. The molecule has 0 aromatic rings. The van der Waals surface area contributed by atoms with Gasteiger partial charge in [0, 0.05) is 31.7 Å². The van der Waals surface area contributed by atoms with Crippen LogP contribution in [0.2, 0.25) is 0 Å². The second-order valence-corrected chi connectivity index (χ2v) is 6.31. The van der Waals surface area contributed by atoms with Crippen molar-refractivity contribution in [2.45, 2.75) is 63.1 Å². The maximum Gasteiger partial charge on any atom is 0.0951 e. The first-order valence-corrected chi connectivity index (χ1v) is 7.24. The van der Waals surface area contributed by atoms with Gasteiger partial charge in [-0.2, -0.15) is 0 Å². The van der Waals surface area contributed by atoms with Crippen molar-refractivity contribution in [3.8, 4) is 0 Å². The summed E-state index contributed by atoms with van der Waals surface area (Å²) in [6, 6.07) is 1.41. The molecule has 3 fully saturated rings. The quantitative estimate of drug-likeness (QED) is 0.800. The van der Waals surface area contributed by atoms with Crippen molar-refractivity contribution in [3.63, 3.8) is 0 Å².